The lowest BCUT2D eigenvalue weighted by atomic mass is 9.90. The molecule has 3 heteroatoms. The highest BCUT2D eigenvalue weighted by Gasteiger charge is 2.08. The number of hydrogen-bond acceptors (Lipinski definition) is 3. The Hall–Kier alpha value is -0.120. The van der Waals surface area contributed by atoms with Crippen molar-refractivity contribution in [2.24, 2.45) is 5.41 Å². The van der Waals surface area contributed by atoms with Gasteiger partial charge >= 0.3 is 0 Å². The third-order valence-corrected chi connectivity index (χ3v) is 2.52. The Balaban J connectivity index is 3.04. The summed E-state index contributed by atoms with van der Waals surface area (Å²) in [6, 6.07) is 0. The van der Waals surface area contributed by atoms with E-state index in [0.717, 1.165) is 13.0 Å². The summed E-state index contributed by atoms with van der Waals surface area (Å²) in [6.07, 6.45) is 3.94. The van der Waals surface area contributed by atoms with Crippen LogP contribution in [-0.2, 0) is 14.2 Å². The molecule has 0 aromatic carbocycles. The maximum atomic E-state index is 5.51. The standard InChI is InChI=1S/C15H32O3/c1-14(2)18-13-12-17-11-10-16-9-7-6-8-15(3,4)5/h14H,6-13H2,1-5H3. The van der Waals surface area contributed by atoms with Crippen LogP contribution in [0.5, 0.6) is 0 Å². The first kappa shape index (κ1) is 17.9. The van der Waals surface area contributed by atoms with Crippen molar-refractivity contribution in [2.75, 3.05) is 33.0 Å². The van der Waals surface area contributed by atoms with Gasteiger partial charge in [-0.2, -0.15) is 0 Å². The average molecular weight is 260 g/mol. The Kier molecular flexibility index (Phi) is 10.7. The maximum Gasteiger partial charge on any atom is 0.0703 e. The second-order valence-electron chi connectivity index (χ2n) is 6.16. The molecular weight excluding hydrogens is 228 g/mol. The number of rotatable bonds is 11. The first-order valence-corrected chi connectivity index (χ1v) is 7.19. The summed E-state index contributed by atoms with van der Waals surface area (Å²) in [5.41, 5.74) is 0.444. The molecular formula is C15H32O3. The van der Waals surface area contributed by atoms with E-state index in [1.807, 2.05) is 13.8 Å². The van der Waals surface area contributed by atoms with Gasteiger partial charge in [-0.3, -0.25) is 0 Å². The van der Waals surface area contributed by atoms with Crippen LogP contribution in [0.2, 0.25) is 0 Å². The highest BCUT2D eigenvalue weighted by Crippen LogP contribution is 2.21. The van der Waals surface area contributed by atoms with Gasteiger partial charge in [0, 0.05) is 6.61 Å². The van der Waals surface area contributed by atoms with E-state index in [9.17, 15) is 0 Å². The lowest BCUT2D eigenvalue weighted by Gasteiger charge is -2.17. The van der Waals surface area contributed by atoms with Gasteiger partial charge < -0.3 is 14.2 Å². The highest BCUT2D eigenvalue weighted by atomic mass is 16.5. The quantitative estimate of drug-likeness (QED) is 0.531. The van der Waals surface area contributed by atoms with Gasteiger partial charge in [-0.05, 0) is 32.1 Å². The van der Waals surface area contributed by atoms with Gasteiger partial charge in [-0.1, -0.05) is 27.2 Å². The molecule has 0 N–H and O–H groups in total. The van der Waals surface area contributed by atoms with Crippen molar-refractivity contribution in [1.82, 2.24) is 0 Å². The summed E-state index contributed by atoms with van der Waals surface area (Å²) in [5.74, 6) is 0. The van der Waals surface area contributed by atoms with Crippen LogP contribution in [0.1, 0.15) is 53.9 Å². The molecule has 0 aliphatic heterocycles. The number of ether oxygens (including phenoxy) is 3. The van der Waals surface area contributed by atoms with Crippen molar-refractivity contribution in [2.45, 2.75) is 60.0 Å². The number of hydrogen-bond donors (Lipinski definition) is 0. The second kappa shape index (κ2) is 10.8. The van der Waals surface area contributed by atoms with E-state index in [2.05, 4.69) is 20.8 Å². The molecule has 0 aliphatic rings. The van der Waals surface area contributed by atoms with E-state index in [1.54, 1.807) is 0 Å². The fourth-order valence-corrected chi connectivity index (χ4v) is 1.52. The molecule has 0 unspecified atom stereocenters. The summed E-state index contributed by atoms with van der Waals surface area (Å²) in [6.45, 7) is 14.4. The largest absolute Gasteiger partial charge is 0.379 e. The monoisotopic (exact) mass is 260 g/mol. The van der Waals surface area contributed by atoms with Crippen LogP contribution >= 0.6 is 0 Å². The predicted molar refractivity (Wildman–Crippen MR) is 76.0 cm³/mol. The van der Waals surface area contributed by atoms with Crippen molar-refractivity contribution < 1.29 is 14.2 Å². The molecule has 3 nitrogen and oxygen atoms in total. The summed E-state index contributed by atoms with van der Waals surface area (Å²) >= 11 is 0. The van der Waals surface area contributed by atoms with Crippen LogP contribution in [0.4, 0.5) is 0 Å². The minimum absolute atomic E-state index is 0.285. The third-order valence-electron chi connectivity index (χ3n) is 2.52. The molecule has 0 spiro atoms. The van der Waals surface area contributed by atoms with Gasteiger partial charge in [0.25, 0.3) is 0 Å². The SMILES string of the molecule is CC(C)OCCOCCOCCCCC(C)(C)C. The van der Waals surface area contributed by atoms with E-state index < -0.39 is 0 Å². The highest BCUT2D eigenvalue weighted by molar-refractivity contribution is 4.60. The van der Waals surface area contributed by atoms with E-state index >= 15 is 0 Å². The Labute approximate surface area is 113 Å². The van der Waals surface area contributed by atoms with Crippen molar-refractivity contribution in [3.8, 4) is 0 Å². The molecule has 0 aliphatic carbocycles. The van der Waals surface area contributed by atoms with Crippen molar-refractivity contribution in [1.29, 1.82) is 0 Å². The summed E-state index contributed by atoms with van der Waals surface area (Å²) in [5, 5.41) is 0. The molecule has 0 heterocycles. The van der Waals surface area contributed by atoms with Crippen LogP contribution in [0.25, 0.3) is 0 Å². The Morgan fingerprint density at radius 3 is 1.89 bits per heavy atom. The molecule has 110 valence electrons. The van der Waals surface area contributed by atoms with Gasteiger partial charge in [0.15, 0.2) is 0 Å². The third kappa shape index (κ3) is 15.9. The van der Waals surface area contributed by atoms with E-state index in [0.29, 0.717) is 31.8 Å². The molecule has 0 bridgehead atoms. The second-order valence-corrected chi connectivity index (χ2v) is 6.16. The smallest absolute Gasteiger partial charge is 0.0703 e. The Morgan fingerprint density at radius 1 is 0.778 bits per heavy atom. The minimum Gasteiger partial charge on any atom is -0.379 e. The van der Waals surface area contributed by atoms with Gasteiger partial charge in [0.2, 0.25) is 0 Å². The molecule has 0 rings (SSSR count). The zero-order valence-corrected chi connectivity index (χ0v) is 13.0. The van der Waals surface area contributed by atoms with Gasteiger partial charge in [0.05, 0.1) is 32.5 Å². The van der Waals surface area contributed by atoms with Gasteiger partial charge in [-0.15, -0.1) is 0 Å². The van der Waals surface area contributed by atoms with Gasteiger partial charge in [-0.25, -0.2) is 0 Å². The lowest BCUT2D eigenvalue weighted by molar-refractivity contribution is -0.00197. The van der Waals surface area contributed by atoms with Gasteiger partial charge in [0.1, 0.15) is 0 Å². The topological polar surface area (TPSA) is 27.7 Å². The molecule has 0 aromatic rings. The van der Waals surface area contributed by atoms with Crippen molar-refractivity contribution >= 4 is 0 Å². The zero-order valence-electron chi connectivity index (χ0n) is 13.0. The minimum atomic E-state index is 0.285. The van der Waals surface area contributed by atoms with E-state index in [1.165, 1.54) is 12.8 Å². The molecule has 0 amide bonds. The summed E-state index contributed by atoms with van der Waals surface area (Å²) in [7, 11) is 0. The molecule has 0 radical (unpaired) electrons. The molecule has 0 saturated heterocycles. The molecule has 0 aromatic heterocycles. The zero-order chi connectivity index (χ0) is 13.9. The molecule has 0 atom stereocenters. The normalized spacial score (nSPS) is 12.3. The van der Waals surface area contributed by atoms with Crippen molar-refractivity contribution in [3.05, 3.63) is 0 Å². The summed E-state index contributed by atoms with van der Waals surface area (Å²) in [4.78, 5) is 0. The molecule has 0 saturated carbocycles. The predicted octanol–water partition coefficient (Wildman–Crippen LogP) is 3.66. The maximum absolute atomic E-state index is 5.51. The fourth-order valence-electron chi connectivity index (χ4n) is 1.52. The van der Waals surface area contributed by atoms with E-state index in [-0.39, 0.29) is 6.10 Å². The van der Waals surface area contributed by atoms with Crippen LogP contribution in [0.15, 0.2) is 0 Å². The number of unbranched alkanes of at least 4 members (excludes halogenated alkanes) is 1. The summed E-state index contributed by atoms with van der Waals surface area (Å²) < 4.78 is 16.3. The fraction of sp³-hybridized carbons (Fsp3) is 1.00. The van der Waals surface area contributed by atoms with Crippen LogP contribution in [-0.4, -0.2) is 39.1 Å². The van der Waals surface area contributed by atoms with Crippen LogP contribution in [0.3, 0.4) is 0 Å². The average Bonchev–Trinajstić information content (AvgIpc) is 2.24. The first-order valence-electron chi connectivity index (χ1n) is 7.19. The Morgan fingerprint density at radius 2 is 1.33 bits per heavy atom. The first-order chi connectivity index (χ1) is 8.42. The Bertz CT molecular complexity index is 173. The van der Waals surface area contributed by atoms with E-state index in [4.69, 9.17) is 14.2 Å². The van der Waals surface area contributed by atoms with Crippen LogP contribution in [0, 0.1) is 5.41 Å². The lowest BCUT2D eigenvalue weighted by Crippen LogP contribution is -2.12. The van der Waals surface area contributed by atoms with Crippen LogP contribution < -0.4 is 0 Å². The molecule has 18 heavy (non-hydrogen) atoms. The molecule has 0 fully saturated rings. The van der Waals surface area contributed by atoms with Crippen molar-refractivity contribution in [3.63, 3.8) is 0 Å².